The van der Waals surface area contributed by atoms with Gasteiger partial charge in [-0.25, -0.2) is 4.98 Å². The Morgan fingerprint density at radius 3 is 3.11 bits per heavy atom. The number of rotatable bonds is 4. The van der Waals surface area contributed by atoms with Crippen molar-refractivity contribution in [2.75, 3.05) is 5.33 Å². The first-order valence-corrected chi connectivity index (χ1v) is 7.88. The molecule has 3 heterocycles. The van der Waals surface area contributed by atoms with Gasteiger partial charge >= 0.3 is 0 Å². The third kappa shape index (κ3) is 2.26. The number of furan rings is 1. The molecule has 4 nitrogen and oxygen atoms in total. The summed E-state index contributed by atoms with van der Waals surface area (Å²) in [6.07, 6.45) is 4.13. The van der Waals surface area contributed by atoms with Gasteiger partial charge < -0.3 is 4.42 Å². The van der Waals surface area contributed by atoms with Gasteiger partial charge in [0.15, 0.2) is 0 Å². The molecular formula is C13H11BrN2O2S. The van der Waals surface area contributed by atoms with Crippen LogP contribution in [0.3, 0.4) is 0 Å². The van der Waals surface area contributed by atoms with Gasteiger partial charge in [-0.2, -0.15) is 0 Å². The molecule has 3 rings (SSSR count). The molecule has 0 aliphatic rings. The Bertz CT molecular complexity index is 746. The van der Waals surface area contributed by atoms with Crippen LogP contribution in [-0.2, 0) is 6.54 Å². The molecule has 98 valence electrons. The second-order valence-corrected chi connectivity index (χ2v) is 5.74. The SMILES string of the molecule is O=c1c2c(-c3ccco3)csc2ncn1CCCBr. The zero-order chi connectivity index (χ0) is 13.2. The van der Waals surface area contributed by atoms with Crippen molar-refractivity contribution in [3.8, 4) is 11.3 Å². The molecule has 0 bridgehead atoms. The van der Waals surface area contributed by atoms with Crippen LogP contribution in [0.1, 0.15) is 6.42 Å². The molecule has 0 saturated heterocycles. The minimum Gasteiger partial charge on any atom is -0.464 e. The van der Waals surface area contributed by atoms with Crippen LogP contribution < -0.4 is 5.56 Å². The first kappa shape index (κ1) is 12.6. The Kier molecular flexibility index (Phi) is 3.52. The summed E-state index contributed by atoms with van der Waals surface area (Å²) < 4.78 is 7.04. The van der Waals surface area contributed by atoms with Crippen molar-refractivity contribution in [1.82, 2.24) is 9.55 Å². The maximum atomic E-state index is 12.5. The highest BCUT2D eigenvalue weighted by molar-refractivity contribution is 9.09. The van der Waals surface area contributed by atoms with Gasteiger partial charge in [0.25, 0.3) is 5.56 Å². The van der Waals surface area contributed by atoms with Crippen molar-refractivity contribution in [2.45, 2.75) is 13.0 Å². The number of aromatic nitrogens is 2. The molecule has 0 aliphatic carbocycles. The molecule has 19 heavy (non-hydrogen) atoms. The highest BCUT2D eigenvalue weighted by atomic mass is 79.9. The lowest BCUT2D eigenvalue weighted by atomic mass is 10.2. The quantitative estimate of drug-likeness (QED) is 0.684. The van der Waals surface area contributed by atoms with E-state index in [9.17, 15) is 4.79 Å². The van der Waals surface area contributed by atoms with Gasteiger partial charge in [0, 0.05) is 22.8 Å². The van der Waals surface area contributed by atoms with E-state index in [0.29, 0.717) is 17.7 Å². The minimum atomic E-state index is -0.00130. The first-order chi connectivity index (χ1) is 9.31. The Balaban J connectivity index is 2.18. The Morgan fingerprint density at radius 2 is 2.37 bits per heavy atom. The van der Waals surface area contributed by atoms with Gasteiger partial charge in [-0.15, -0.1) is 11.3 Å². The molecule has 3 aromatic heterocycles. The molecule has 0 atom stereocenters. The lowest BCUT2D eigenvalue weighted by Gasteiger charge is -2.03. The van der Waals surface area contributed by atoms with Crippen molar-refractivity contribution in [3.63, 3.8) is 0 Å². The van der Waals surface area contributed by atoms with Gasteiger partial charge in [0.05, 0.1) is 18.0 Å². The van der Waals surface area contributed by atoms with E-state index in [1.165, 1.54) is 11.3 Å². The van der Waals surface area contributed by atoms with E-state index in [2.05, 4.69) is 20.9 Å². The number of fused-ring (bicyclic) bond motifs is 1. The summed E-state index contributed by atoms with van der Waals surface area (Å²) in [4.78, 5) is 17.6. The topological polar surface area (TPSA) is 48.0 Å². The molecule has 0 fully saturated rings. The van der Waals surface area contributed by atoms with Crippen LogP contribution in [0.15, 0.2) is 39.3 Å². The lowest BCUT2D eigenvalue weighted by molar-refractivity contribution is 0.583. The Labute approximate surface area is 121 Å². The molecule has 0 aromatic carbocycles. The fraction of sp³-hybridized carbons (Fsp3) is 0.231. The van der Waals surface area contributed by atoms with Crippen LogP contribution in [0.2, 0.25) is 0 Å². The van der Waals surface area contributed by atoms with Crippen LogP contribution in [-0.4, -0.2) is 14.9 Å². The smallest absolute Gasteiger partial charge is 0.262 e. The van der Waals surface area contributed by atoms with E-state index in [1.807, 2.05) is 17.5 Å². The molecule has 3 aromatic rings. The van der Waals surface area contributed by atoms with Crippen molar-refractivity contribution in [3.05, 3.63) is 40.5 Å². The fourth-order valence-electron chi connectivity index (χ4n) is 1.97. The number of thiophene rings is 1. The average molecular weight is 339 g/mol. The molecular weight excluding hydrogens is 328 g/mol. The fourth-order valence-corrected chi connectivity index (χ4v) is 3.11. The highest BCUT2D eigenvalue weighted by Gasteiger charge is 2.14. The van der Waals surface area contributed by atoms with E-state index in [1.54, 1.807) is 17.2 Å². The number of hydrogen-bond acceptors (Lipinski definition) is 4. The summed E-state index contributed by atoms with van der Waals surface area (Å²) in [7, 11) is 0. The predicted molar refractivity (Wildman–Crippen MR) is 80.0 cm³/mol. The number of halogens is 1. The number of nitrogens with zero attached hydrogens (tertiary/aromatic N) is 2. The maximum Gasteiger partial charge on any atom is 0.262 e. The van der Waals surface area contributed by atoms with Crippen LogP contribution in [0.5, 0.6) is 0 Å². The predicted octanol–water partition coefficient (Wildman–Crippen LogP) is 3.50. The number of alkyl halides is 1. The summed E-state index contributed by atoms with van der Waals surface area (Å²) in [5.74, 6) is 0.711. The van der Waals surface area contributed by atoms with Crippen LogP contribution >= 0.6 is 27.3 Å². The summed E-state index contributed by atoms with van der Waals surface area (Å²) in [6, 6.07) is 3.68. The largest absolute Gasteiger partial charge is 0.464 e. The minimum absolute atomic E-state index is 0.00130. The Hall–Kier alpha value is -1.40. The highest BCUT2D eigenvalue weighted by Crippen LogP contribution is 2.30. The van der Waals surface area contributed by atoms with Crippen molar-refractivity contribution in [1.29, 1.82) is 0 Å². The second kappa shape index (κ2) is 5.30. The number of aryl methyl sites for hydroxylation is 1. The van der Waals surface area contributed by atoms with Crippen molar-refractivity contribution < 1.29 is 4.42 Å². The number of hydrogen-bond donors (Lipinski definition) is 0. The first-order valence-electron chi connectivity index (χ1n) is 5.87. The Morgan fingerprint density at radius 1 is 1.47 bits per heavy atom. The standard InChI is InChI=1S/C13H11BrN2O2S/c14-4-2-5-16-8-15-12-11(13(16)17)9(7-19-12)10-3-1-6-18-10/h1,3,6-8H,2,4-5H2. The zero-order valence-corrected chi connectivity index (χ0v) is 12.4. The molecule has 0 aliphatic heterocycles. The van der Waals surface area contributed by atoms with E-state index in [4.69, 9.17) is 4.42 Å². The molecule has 6 heteroatoms. The van der Waals surface area contributed by atoms with E-state index in [0.717, 1.165) is 22.1 Å². The molecule has 0 radical (unpaired) electrons. The van der Waals surface area contributed by atoms with Crippen LogP contribution in [0.25, 0.3) is 21.5 Å². The molecule has 0 unspecified atom stereocenters. The summed E-state index contributed by atoms with van der Waals surface area (Å²) in [5, 5.41) is 3.44. The van der Waals surface area contributed by atoms with Gasteiger partial charge in [-0.1, -0.05) is 15.9 Å². The van der Waals surface area contributed by atoms with E-state index < -0.39 is 0 Å². The molecule has 0 saturated carbocycles. The summed E-state index contributed by atoms with van der Waals surface area (Å²) >= 11 is 4.84. The lowest BCUT2D eigenvalue weighted by Crippen LogP contribution is -2.20. The normalized spacial score (nSPS) is 11.2. The molecule has 0 N–H and O–H groups in total. The third-order valence-electron chi connectivity index (χ3n) is 2.88. The third-order valence-corrected chi connectivity index (χ3v) is 4.33. The maximum absolute atomic E-state index is 12.5. The monoisotopic (exact) mass is 338 g/mol. The molecule has 0 amide bonds. The summed E-state index contributed by atoms with van der Waals surface area (Å²) in [6.45, 7) is 0.667. The average Bonchev–Trinajstić information content (AvgIpc) is 3.06. The zero-order valence-electron chi connectivity index (χ0n) is 10.0. The van der Waals surface area contributed by atoms with Gasteiger partial charge in [-0.05, 0) is 18.6 Å². The van der Waals surface area contributed by atoms with E-state index in [-0.39, 0.29) is 5.56 Å². The van der Waals surface area contributed by atoms with Gasteiger partial charge in [0.2, 0.25) is 0 Å². The van der Waals surface area contributed by atoms with E-state index >= 15 is 0 Å². The van der Waals surface area contributed by atoms with Crippen LogP contribution in [0.4, 0.5) is 0 Å². The van der Waals surface area contributed by atoms with Crippen molar-refractivity contribution in [2.24, 2.45) is 0 Å². The molecule has 0 spiro atoms. The van der Waals surface area contributed by atoms with Gasteiger partial charge in [0.1, 0.15) is 10.6 Å². The summed E-state index contributed by atoms with van der Waals surface area (Å²) in [5.41, 5.74) is 0.828. The van der Waals surface area contributed by atoms with Crippen LogP contribution in [0, 0.1) is 0 Å². The van der Waals surface area contributed by atoms with Crippen molar-refractivity contribution >= 4 is 37.5 Å². The second-order valence-electron chi connectivity index (χ2n) is 4.09. The van der Waals surface area contributed by atoms with Gasteiger partial charge in [-0.3, -0.25) is 9.36 Å².